The molecule has 0 bridgehead atoms. The molecule has 0 aliphatic heterocycles. The van der Waals surface area contributed by atoms with Crippen LogP contribution >= 0.6 is 0 Å². The minimum atomic E-state index is -0.971. The van der Waals surface area contributed by atoms with Gasteiger partial charge in [0.05, 0.1) is 0 Å². The number of benzene rings is 2. The van der Waals surface area contributed by atoms with Crippen molar-refractivity contribution in [2.24, 2.45) is 16.2 Å². The average molecular weight is 431 g/mol. The lowest BCUT2D eigenvalue weighted by atomic mass is 9.52. The molecule has 0 radical (unpaired) electrons. The molecule has 1 aliphatic carbocycles. The minimum Gasteiger partial charge on any atom is -0.381 e. The zero-order valence-electron chi connectivity index (χ0n) is 21.6. The Balaban J connectivity index is 2.41. The number of aliphatic hydroxyl groups is 1. The van der Waals surface area contributed by atoms with Crippen LogP contribution in [0.3, 0.4) is 0 Å². The van der Waals surface area contributed by atoms with Gasteiger partial charge in [-0.15, -0.1) is 0 Å². The summed E-state index contributed by atoms with van der Waals surface area (Å²) in [6.07, 6.45) is 1.85. The van der Waals surface area contributed by atoms with Crippen LogP contribution in [0.4, 0.5) is 0 Å². The molecule has 0 amide bonds. The summed E-state index contributed by atoms with van der Waals surface area (Å²) in [5.74, 6) is 0. The molecule has 172 valence electrons. The predicted octanol–water partition coefficient (Wildman–Crippen LogP) is 7.95. The fourth-order valence-electron chi connectivity index (χ4n) is 6.68. The first-order valence-corrected chi connectivity index (χ1v) is 12.0. The second kappa shape index (κ2) is 8.34. The van der Waals surface area contributed by atoms with Crippen LogP contribution in [0.25, 0.3) is 0 Å². The van der Waals surface area contributed by atoms with Crippen molar-refractivity contribution in [1.29, 1.82) is 0 Å². The van der Waals surface area contributed by atoms with Crippen LogP contribution in [-0.4, -0.2) is 10.7 Å². The summed E-state index contributed by atoms with van der Waals surface area (Å²) in [5, 5.41) is 12.2. The third-order valence-corrected chi connectivity index (χ3v) is 7.36. The third-order valence-electron chi connectivity index (χ3n) is 7.36. The molecule has 0 fully saturated rings. The first-order chi connectivity index (χ1) is 14.7. The van der Waals surface area contributed by atoms with E-state index in [0.29, 0.717) is 0 Å². The van der Waals surface area contributed by atoms with E-state index in [1.165, 1.54) is 33.4 Å². The van der Waals surface area contributed by atoms with Crippen molar-refractivity contribution in [3.05, 3.63) is 94.1 Å². The van der Waals surface area contributed by atoms with Gasteiger partial charge in [-0.1, -0.05) is 113 Å². The van der Waals surface area contributed by atoms with Crippen LogP contribution in [-0.2, 0) is 12.8 Å². The molecule has 2 aromatic rings. The molecule has 2 aromatic carbocycles. The highest BCUT2D eigenvalue weighted by Gasteiger charge is 2.52. The molecule has 0 unspecified atom stereocenters. The minimum absolute atomic E-state index is 0.149. The third kappa shape index (κ3) is 4.37. The highest BCUT2D eigenvalue weighted by atomic mass is 16.3. The van der Waals surface area contributed by atoms with E-state index < -0.39 is 5.60 Å². The Morgan fingerprint density at radius 2 is 0.938 bits per heavy atom. The maximum atomic E-state index is 12.2. The van der Waals surface area contributed by atoms with Crippen LogP contribution in [0, 0.1) is 16.2 Å². The van der Waals surface area contributed by atoms with Gasteiger partial charge in [-0.3, -0.25) is 0 Å². The summed E-state index contributed by atoms with van der Waals surface area (Å²) in [4.78, 5) is 0. The van der Waals surface area contributed by atoms with E-state index in [-0.39, 0.29) is 16.2 Å². The zero-order chi connectivity index (χ0) is 23.9. The molecule has 3 rings (SSSR count). The molecule has 0 saturated heterocycles. The van der Waals surface area contributed by atoms with Crippen molar-refractivity contribution in [3.63, 3.8) is 0 Å². The summed E-state index contributed by atoms with van der Waals surface area (Å²) in [6, 6.07) is 21.7. The Hall–Kier alpha value is -2.12. The first-order valence-electron chi connectivity index (χ1n) is 12.0. The van der Waals surface area contributed by atoms with Gasteiger partial charge in [-0.25, -0.2) is 0 Å². The van der Waals surface area contributed by atoms with E-state index in [1.807, 2.05) is 6.92 Å². The molecule has 0 spiro atoms. The summed E-state index contributed by atoms with van der Waals surface area (Å²) in [6.45, 7) is 20.1. The van der Waals surface area contributed by atoms with Crippen molar-refractivity contribution in [2.75, 3.05) is 0 Å². The van der Waals surface area contributed by atoms with Gasteiger partial charge in [0.15, 0.2) is 0 Å². The second-order valence-electron chi connectivity index (χ2n) is 12.0. The Kier molecular flexibility index (Phi) is 6.39. The van der Waals surface area contributed by atoms with Gasteiger partial charge < -0.3 is 5.11 Å². The van der Waals surface area contributed by atoms with Gasteiger partial charge in [0, 0.05) is 5.41 Å². The van der Waals surface area contributed by atoms with Crippen molar-refractivity contribution in [3.8, 4) is 0 Å². The smallest absolute Gasteiger partial charge is 0.105 e. The molecule has 1 N–H and O–H groups in total. The summed E-state index contributed by atoms with van der Waals surface area (Å²) in [7, 11) is 0. The molecule has 0 heterocycles. The monoisotopic (exact) mass is 430 g/mol. The van der Waals surface area contributed by atoms with Gasteiger partial charge in [0.2, 0.25) is 0 Å². The quantitative estimate of drug-likeness (QED) is 0.488. The van der Waals surface area contributed by atoms with Gasteiger partial charge in [0.1, 0.15) is 5.60 Å². The Morgan fingerprint density at radius 3 is 1.22 bits per heavy atom. The van der Waals surface area contributed by atoms with Crippen molar-refractivity contribution >= 4 is 0 Å². The normalized spacial score (nSPS) is 18.8. The van der Waals surface area contributed by atoms with E-state index in [0.717, 1.165) is 12.8 Å². The highest BCUT2D eigenvalue weighted by Crippen LogP contribution is 2.58. The number of hydrogen-bond acceptors (Lipinski definition) is 1. The van der Waals surface area contributed by atoms with Crippen LogP contribution in [0.5, 0.6) is 0 Å². The predicted molar refractivity (Wildman–Crippen MR) is 138 cm³/mol. The topological polar surface area (TPSA) is 20.2 Å². The van der Waals surface area contributed by atoms with Crippen molar-refractivity contribution < 1.29 is 5.11 Å². The molecule has 32 heavy (non-hydrogen) atoms. The molecule has 0 aromatic heterocycles. The second-order valence-corrected chi connectivity index (χ2v) is 12.0. The summed E-state index contributed by atoms with van der Waals surface area (Å²) in [5.41, 5.74) is 6.22. The largest absolute Gasteiger partial charge is 0.381 e. The molecule has 1 heteroatoms. The molecule has 0 atom stereocenters. The van der Waals surface area contributed by atoms with Crippen molar-refractivity contribution in [1.82, 2.24) is 0 Å². The maximum absolute atomic E-state index is 12.2. The Morgan fingerprint density at radius 1 is 0.625 bits per heavy atom. The lowest BCUT2D eigenvalue weighted by Gasteiger charge is -2.54. The Labute approximate surface area is 196 Å². The van der Waals surface area contributed by atoms with Gasteiger partial charge >= 0.3 is 0 Å². The molecule has 1 nitrogen and oxygen atoms in total. The highest BCUT2D eigenvalue weighted by molar-refractivity contribution is 5.54. The number of allylic oxidation sites excluding steroid dienone is 2. The van der Waals surface area contributed by atoms with Crippen LogP contribution in [0.15, 0.2) is 83.0 Å². The Bertz CT molecular complexity index is 922. The molecular weight excluding hydrogens is 388 g/mol. The summed E-state index contributed by atoms with van der Waals surface area (Å²) < 4.78 is 0. The number of rotatable bonds is 4. The average Bonchev–Trinajstić information content (AvgIpc) is 2.65. The number of hydrogen-bond donors (Lipinski definition) is 1. The van der Waals surface area contributed by atoms with Gasteiger partial charge in [-0.05, 0) is 66.7 Å². The van der Waals surface area contributed by atoms with E-state index >= 15 is 0 Å². The first kappa shape index (κ1) is 24.5. The van der Waals surface area contributed by atoms with E-state index in [1.54, 1.807) is 0 Å². The van der Waals surface area contributed by atoms with Gasteiger partial charge in [0.25, 0.3) is 0 Å². The SMILES string of the molecule is CC1=C(C(C)(C)C)C(C)(O)C(C(C)(C)C)=C(C)C1(Cc1ccccc1)Cc1ccccc1. The van der Waals surface area contributed by atoms with Crippen LogP contribution in [0.2, 0.25) is 0 Å². The zero-order valence-corrected chi connectivity index (χ0v) is 21.6. The van der Waals surface area contributed by atoms with Crippen molar-refractivity contribution in [2.45, 2.75) is 80.8 Å². The van der Waals surface area contributed by atoms with E-state index in [9.17, 15) is 5.11 Å². The molecule has 1 aliphatic rings. The molecular formula is C31H42O. The lowest BCUT2D eigenvalue weighted by Crippen LogP contribution is -2.49. The summed E-state index contributed by atoms with van der Waals surface area (Å²) >= 11 is 0. The molecule has 0 saturated carbocycles. The lowest BCUT2D eigenvalue weighted by molar-refractivity contribution is 0.0798. The van der Waals surface area contributed by atoms with E-state index in [4.69, 9.17) is 0 Å². The van der Waals surface area contributed by atoms with Crippen LogP contribution in [0.1, 0.15) is 73.4 Å². The maximum Gasteiger partial charge on any atom is 0.105 e. The van der Waals surface area contributed by atoms with Crippen LogP contribution < -0.4 is 0 Å². The van der Waals surface area contributed by atoms with Gasteiger partial charge in [-0.2, -0.15) is 0 Å². The fraction of sp³-hybridized carbons (Fsp3) is 0.484. The standard InChI is InChI=1S/C31H42O/c1-22-26(28(3,4)5)30(9,32)27(29(6,7)8)23(2)31(22,20-24-16-12-10-13-17-24)21-25-18-14-11-15-19-25/h10-19,32H,20-21H2,1-9H3. The van der Waals surface area contributed by atoms with E-state index in [2.05, 4.69) is 116 Å². The fourth-order valence-corrected chi connectivity index (χ4v) is 6.68.